The smallest absolute Gasteiger partial charge is 0.412 e. The molecule has 0 unspecified atom stereocenters. The van der Waals surface area contributed by atoms with E-state index in [1.165, 1.54) is 18.2 Å². The van der Waals surface area contributed by atoms with Gasteiger partial charge in [-0.3, -0.25) is 10.1 Å². The van der Waals surface area contributed by atoms with Crippen LogP contribution in [-0.4, -0.2) is 43.4 Å². The molecule has 0 saturated heterocycles. The van der Waals surface area contributed by atoms with Crippen molar-refractivity contribution in [2.45, 2.75) is 13.0 Å². The Kier molecular flexibility index (Phi) is 8.19. The summed E-state index contributed by atoms with van der Waals surface area (Å²) in [5, 5.41) is 7.61. The number of esters is 1. The summed E-state index contributed by atoms with van der Waals surface area (Å²) >= 11 is 0. The fourth-order valence-corrected chi connectivity index (χ4v) is 2.22. The predicted octanol–water partition coefficient (Wildman–Crippen LogP) is 2.30. The number of benzene rings is 1. The second-order valence-corrected chi connectivity index (χ2v) is 5.60. The molecule has 1 aliphatic rings. The van der Waals surface area contributed by atoms with E-state index in [1.807, 2.05) is 30.3 Å². The zero-order chi connectivity index (χ0) is 20.2. The number of methoxy groups -OCH3 is 1. The summed E-state index contributed by atoms with van der Waals surface area (Å²) in [7, 11) is 1.22. The van der Waals surface area contributed by atoms with Crippen molar-refractivity contribution in [1.82, 2.24) is 10.3 Å². The van der Waals surface area contributed by atoms with E-state index in [2.05, 4.69) is 10.4 Å². The van der Waals surface area contributed by atoms with E-state index < -0.39 is 12.1 Å². The maximum atomic E-state index is 12.1. The van der Waals surface area contributed by atoms with Crippen LogP contribution in [0, 0.1) is 0 Å². The maximum Gasteiger partial charge on any atom is 0.412 e. The number of carbonyl (C=O) groups is 3. The first-order valence-electron chi connectivity index (χ1n) is 8.51. The summed E-state index contributed by atoms with van der Waals surface area (Å²) in [6, 6.07) is 9.17. The quantitative estimate of drug-likeness (QED) is 0.462. The standard InChI is InChI=1S/C20H21N3O5/c1-27-19(25)18(22-20(26)28-14-17-7-3-2-4-8-17)13-16-9-5-11-21-23(15-24)12-6-10-16/h2-4,6-11,13,15H,5,12,14H2,1H3,(H,22,26)/b10-6-,16-9?,18-13-,21-11-. The normalized spacial score (nSPS) is 16.5. The highest BCUT2D eigenvalue weighted by molar-refractivity contribution is 5.92. The first-order chi connectivity index (χ1) is 13.6. The molecule has 1 N–H and O–H groups in total. The molecule has 1 aromatic rings. The number of carbonyl (C=O) groups excluding carboxylic acids is 3. The van der Waals surface area contributed by atoms with Crippen LogP contribution in [0.4, 0.5) is 4.79 Å². The van der Waals surface area contributed by atoms with E-state index in [0.717, 1.165) is 5.56 Å². The summed E-state index contributed by atoms with van der Waals surface area (Å²) < 4.78 is 9.86. The van der Waals surface area contributed by atoms with E-state index in [0.29, 0.717) is 18.4 Å². The molecule has 0 fully saturated rings. The van der Waals surface area contributed by atoms with Gasteiger partial charge in [-0.25, -0.2) is 14.6 Å². The number of rotatable bonds is 6. The van der Waals surface area contributed by atoms with Crippen LogP contribution in [0.5, 0.6) is 0 Å². The minimum atomic E-state index is -0.776. The molecule has 1 aliphatic heterocycles. The van der Waals surface area contributed by atoms with Gasteiger partial charge in [0.05, 0.1) is 13.7 Å². The van der Waals surface area contributed by atoms with Crippen molar-refractivity contribution in [2.75, 3.05) is 13.7 Å². The molecule has 0 saturated carbocycles. The maximum absolute atomic E-state index is 12.1. The van der Waals surface area contributed by atoms with Gasteiger partial charge < -0.3 is 9.47 Å². The number of allylic oxidation sites excluding steroid dienone is 4. The van der Waals surface area contributed by atoms with Crippen LogP contribution in [0.15, 0.2) is 71.0 Å². The SMILES string of the molecule is COC(=O)/C(=C/C1=CC/C=N\N(C=O)C/C=C\1)NC(=O)OCc1ccccc1. The summed E-state index contributed by atoms with van der Waals surface area (Å²) in [6.45, 7) is 0.354. The average molecular weight is 383 g/mol. The Labute approximate surface area is 162 Å². The second kappa shape index (κ2) is 11.1. The molecule has 2 rings (SSSR count). The van der Waals surface area contributed by atoms with E-state index >= 15 is 0 Å². The van der Waals surface area contributed by atoms with Crippen LogP contribution in [0.3, 0.4) is 0 Å². The van der Waals surface area contributed by atoms with Crippen LogP contribution >= 0.6 is 0 Å². The number of amides is 2. The molecule has 28 heavy (non-hydrogen) atoms. The molecular weight excluding hydrogens is 362 g/mol. The van der Waals surface area contributed by atoms with Gasteiger partial charge in [-0.15, -0.1) is 0 Å². The van der Waals surface area contributed by atoms with Crippen LogP contribution in [0.1, 0.15) is 12.0 Å². The first-order valence-corrected chi connectivity index (χ1v) is 8.51. The van der Waals surface area contributed by atoms with Crippen molar-refractivity contribution in [3.05, 3.63) is 71.5 Å². The fourth-order valence-electron chi connectivity index (χ4n) is 2.22. The lowest BCUT2D eigenvalue weighted by Gasteiger charge is -2.09. The molecule has 0 aromatic heterocycles. The van der Waals surface area contributed by atoms with Crippen molar-refractivity contribution in [1.29, 1.82) is 0 Å². The average Bonchev–Trinajstić information content (AvgIpc) is 2.84. The molecule has 146 valence electrons. The highest BCUT2D eigenvalue weighted by Gasteiger charge is 2.15. The highest BCUT2D eigenvalue weighted by atomic mass is 16.6. The van der Waals surface area contributed by atoms with Gasteiger partial charge in [-0.2, -0.15) is 5.10 Å². The summed E-state index contributed by atoms with van der Waals surface area (Å²) in [5.74, 6) is -0.714. The summed E-state index contributed by atoms with van der Waals surface area (Å²) in [4.78, 5) is 34.9. The molecule has 0 atom stereocenters. The monoisotopic (exact) mass is 383 g/mol. The van der Waals surface area contributed by atoms with Gasteiger partial charge in [0.15, 0.2) is 0 Å². The van der Waals surface area contributed by atoms with Crippen molar-refractivity contribution in [2.24, 2.45) is 5.10 Å². The molecule has 0 aliphatic carbocycles. The Balaban J connectivity index is 2.08. The lowest BCUT2D eigenvalue weighted by Crippen LogP contribution is -2.28. The molecule has 0 radical (unpaired) electrons. The van der Waals surface area contributed by atoms with E-state index in [-0.39, 0.29) is 18.8 Å². The van der Waals surface area contributed by atoms with Gasteiger partial charge in [0, 0.05) is 12.6 Å². The van der Waals surface area contributed by atoms with E-state index in [1.54, 1.807) is 24.4 Å². The molecule has 0 bridgehead atoms. The second-order valence-electron chi connectivity index (χ2n) is 5.60. The fraction of sp³-hybridized carbons (Fsp3) is 0.200. The van der Waals surface area contributed by atoms with Crippen molar-refractivity contribution >= 4 is 24.7 Å². The number of nitrogens with one attached hydrogen (secondary N) is 1. The van der Waals surface area contributed by atoms with E-state index in [4.69, 9.17) is 9.47 Å². The Hall–Kier alpha value is -3.68. The molecule has 8 heteroatoms. The van der Waals surface area contributed by atoms with Crippen LogP contribution < -0.4 is 5.32 Å². The molecule has 1 heterocycles. The third-order valence-electron chi connectivity index (χ3n) is 3.58. The summed E-state index contributed by atoms with van der Waals surface area (Å²) in [6.07, 6.45) is 8.52. The highest BCUT2D eigenvalue weighted by Crippen LogP contribution is 2.08. The van der Waals surface area contributed by atoms with Gasteiger partial charge in [-0.1, -0.05) is 48.6 Å². The van der Waals surface area contributed by atoms with Crippen LogP contribution in [0.2, 0.25) is 0 Å². The van der Waals surface area contributed by atoms with Gasteiger partial charge >= 0.3 is 12.1 Å². The molecule has 1 aromatic carbocycles. The first kappa shape index (κ1) is 20.6. The van der Waals surface area contributed by atoms with Crippen molar-refractivity contribution in [3.63, 3.8) is 0 Å². The Morgan fingerprint density at radius 2 is 2.07 bits per heavy atom. The Morgan fingerprint density at radius 1 is 1.29 bits per heavy atom. The summed E-state index contributed by atoms with van der Waals surface area (Å²) in [5.41, 5.74) is 1.39. The van der Waals surface area contributed by atoms with Gasteiger partial charge in [0.1, 0.15) is 12.3 Å². The van der Waals surface area contributed by atoms with Crippen LogP contribution in [-0.2, 0) is 25.7 Å². The lowest BCUT2D eigenvalue weighted by molar-refractivity contribution is -0.136. The number of alkyl carbamates (subject to hydrolysis) is 1. The van der Waals surface area contributed by atoms with Gasteiger partial charge in [0.25, 0.3) is 0 Å². The van der Waals surface area contributed by atoms with Gasteiger partial charge in [-0.05, 0) is 17.2 Å². The molecular formula is C20H21N3O5. The minimum absolute atomic E-state index is 0.0695. The molecule has 8 nitrogen and oxygen atoms in total. The molecule has 0 spiro atoms. The van der Waals surface area contributed by atoms with E-state index in [9.17, 15) is 14.4 Å². The van der Waals surface area contributed by atoms with Gasteiger partial charge in [0.2, 0.25) is 6.41 Å². The third-order valence-corrected chi connectivity index (χ3v) is 3.58. The number of ether oxygens (including phenoxy) is 2. The number of nitrogens with zero attached hydrogens (tertiary/aromatic N) is 2. The largest absolute Gasteiger partial charge is 0.464 e. The number of hydrogen-bond acceptors (Lipinski definition) is 6. The zero-order valence-corrected chi connectivity index (χ0v) is 15.4. The topological polar surface area (TPSA) is 97.3 Å². The number of hydrazone groups is 1. The molecule has 2 amide bonds. The lowest BCUT2D eigenvalue weighted by atomic mass is 10.1. The zero-order valence-electron chi connectivity index (χ0n) is 15.4. The number of hydrogen-bond donors (Lipinski definition) is 1. The Bertz CT molecular complexity index is 812. The van der Waals surface area contributed by atoms with Crippen molar-refractivity contribution < 1.29 is 23.9 Å². The third kappa shape index (κ3) is 6.91. The van der Waals surface area contributed by atoms with Crippen LogP contribution in [0.25, 0.3) is 0 Å². The van der Waals surface area contributed by atoms with Crippen molar-refractivity contribution in [3.8, 4) is 0 Å². The Morgan fingerprint density at radius 3 is 2.79 bits per heavy atom. The predicted molar refractivity (Wildman–Crippen MR) is 103 cm³/mol. The minimum Gasteiger partial charge on any atom is -0.464 e.